The highest BCUT2D eigenvalue weighted by Gasteiger charge is 2.52. The van der Waals surface area contributed by atoms with Gasteiger partial charge in [0.1, 0.15) is 5.58 Å². The molecule has 0 aliphatic carbocycles. The predicted octanol–water partition coefficient (Wildman–Crippen LogP) is 4.37. The number of hydrogen-bond acceptors (Lipinski definition) is 3. The van der Waals surface area contributed by atoms with Gasteiger partial charge < -0.3 is 18.7 Å². The van der Waals surface area contributed by atoms with Crippen LogP contribution in [0.15, 0.2) is 46.9 Å². The molecule has 1 saturated heterocycles. The second kappa shape index (κ2) is 4.68. The van der Waals surface area contributed by atoms with Gasteiger partial charge in [-0.3, -0.25) is 0 Å². The molecule has 1 aliphatic heterocycles. The van der Waals surface area contributed by atoms with Crippen molar-refractivity contribution in [2.24, 2.45) is 0 Å². The van der Waals surface area contributed by atoms with Crippen molar-refractivity contribution in [2.75, 3.05) is 0 Å². The van der Waals surface area contributed by atoms with Gasteiger partial charge in [0, 0.05) is 21.8 Å². The fourth-order valence-corrected chi connectivity index (χ4v) is 3.60. The van der Waals surface area contributed by atoms with Crippen molar-refractivity contribution in [1.29, 1.82) is 0 Å². The highest BCUT2D eigenvalue weighted by Crippen LogP contribution is 2.38. The van der Waals surface area contributed by atoms with Crippen molar-refractivity contribution in [3.05, 3.63) is 42.5 Å². The van der Waals surface area contributed by atoms with Gasteiger partial charge >= 0.3 is 7.12 Å². The summed E-state index contributed by atoms with van der Waals surface area (Å²) in [5.41, 5.74) is 2.98. The third kappa shape index (κ3) is 1.97. The minimum absolute atomic E-state index is 0.363. The van der Waals surface area contributed by atoms with Crippen molar-refractivity contribution < 1.29 is 13.7 Å². The van der Waals surface area contributed by atoms with Gasteiger partial charge in [-0.2, -0.15) is 0 Å². The van der Waals surface area contributed by atoms with E-state index >= 15 is 0 Å². The number of hydrogen-bond donors (Lipinski definition) is 1. The van der Waals surface area contributed by atoms with E-state index in [9.17, 15) is 0 Å². The third-order valence-electron chi connectivity index (χ3n) is 5.71. The van der Waals surface area contributed by atoms with Gasteiger partial charge in [0.25, 0.3) is 0 Å². The van der Waals surface area contributed by atoms with Crippen LogP contribution in [0.3, 0.4) is 0 Å². The zero-order valence-corrected chi connectivity index (χ0v) is 14.8. The molecule has 1 fully saturated rings. The summed E-state index contributed by atoms with van der Waals surface area (Å²) >= 11 is 0. The maximum absolute atomic E-state index is 6.25. The highest BCUT2D eigenvalue weighted by molar-refractivity contribution is 6.65. The van der Waals surface area contributed by atoms with E-state index < -0.39 is 7.12 Å². The molecule has 2 aromatic carbocycles. The summed E-state index contributed by atoms with van der Waals surface area (Å²) in [6.07, 6.45) is 0. The maximum atomic E-state index is 6.25. The number of para-hydroxylation sites is 2. The average molecular weight is 333 g/mol. The molecule has 0 spiro atoms. The quantitative estimate of drug-likeness (QED) is 0.526. The summed E-state index contributed by atoms with van der Waals surface area (Å²) in [5.74, 6) is 0. The van der Waals surface area contributed by atoms with Crippen molar-refractivity contribution in [2.45, 2.75) is 38.9 Å². The van der Waals surface area contributed by atoms with Gasteiger partial charge in [-0.1, -0.05) is 36.4 Å². The summed E-state index contributed by atoms with van der Waals surface area (Å²) in [4.78, 5) is 3.44. The minimum atomic E-state index is -0.400. The van der Waals surface area contributed by atoms with E-state index in [4.69, 9.17) is 13.7 Å². The zero-order chi connectivity index (χ0) is 17.4. The molecule has 1 N–H and O–H groups in total. The van der Waals surface area contributed by atoms with Crippen LogP contribution in [0.4, 0.5) is 0 Å². The molecule has 5 rings (SSSR count). The van der Waals surface area contributed by atoms with E-state index in [1.54, 1.807) is 0 Å². The molecule has 126 valence electrons. The zero-order valence-electron chi connectivity index (χ0n) is 14.8. The molecule has 0 radical (unpaired) electrons. The Bertz CT molecular complexity index is 1110. The number of nitrogens with one attached hydrogen (secondary N) is 1. The lowest BCUT2D eigenvalue weighted by Crippen LogP contribution is -2.41. The molecule has 25 heavy (non-hydrogen) atoms. The normalized spacial score (nSPS) is 19.4. The molecule has 0 atom stereocenters. The van der Waals surface area contributed by atoms with Crippen LogP contribution < -0.4 is 5.46 Å². The van der Waals surface area contributed by atoms with Crippen LogP contribution >= 0.6 is 0 Å². The smallest absolute Gasteiger partial charge is 0.440 e. The Morgan fingerprint density at radius 2 is 1.52 bits per heavy atom. The largest absolute Gasteiger partial charge is 0.497 e. The molecule has 4 nitrogen and oxygen atoms in total. The number of rotatable bonds is 1. The lowest BCUT2D eigenvalue weighted by atomic mass is 9.78. The second-order valence-corrected chi connectivity index (χ2v) is 7.79. The van der Waals surface area contributed by atoms with E-state index in [0.717, 1.165) is 38.4 Å². The first-order valence-corrected chi connectivity index (χ1v) is 8.65. The monoisotopic (exact) mass is 333 g/mol. The molecular weight excluding hydrogens is 313 g/mol. The Balaban J connectivity index is 1.74. The van der Waals surface area contributed by atoms with Crippen molar-refractivity contribution in [3.8, 4) is 0 Å². The summed E-state index contributed by atoms with van der Waals surface area (Å²) in [5, 5.41) is 3.37. The molecule has 3 heterocycles. The third-order valence-corrected chi connectivity index (χ3v) is 5.71. The molecule has 4 aromatic rings. The Labute approximate surface area is 146 Å². The minimum Gasteiger partial charge on any atom is -0.440 e. The predicted molar refractivity (Wildman–Crippen MR) is 101 cm³/mol. The summed E-state index contributed by atoms with van der Waals surface area (Å²) in [6, 6.07) is 14.3. The topological polar surface area (TPSA) is 47.4 Å². The Morgan fingerprint density at radius 1 is 0.840 bits per heavy atom. The first kappa shape index (κ1) is 15.1. The van der Waals surface area contributed by atoms with Gasteiger partial charge in [-0.05, 0) is 33.8 Å². The van der Waals surface area contributed by atoms with Gasteiger partial charge in [-0.25, -0.2) is 0 Å². The van der Waals surface area contributed by atoms with Gasteiger partial charge in [-0.15, -0.1) is 0 Å². The molecule has 2 aromatic heterocycles. The number of fused-ring (bicyclic) bond motifs is 5. The Morgan fingerprint density at radius 3 is 2.28 bits per heavy atom. The lowest BCUT2D eigenvalue weighted by Gasteiger charge is -2.32. The van der Waals surface area contributed by atoms with Gasteiger partial charge in [0.15, 0.2) is 0 Å². The first-order valence-electron chi connectivity index (χ1n) is 8.65. The molecule has 5 heteroatoms. The molecule has 0 amide bonds. The van der Waals surface area contributed by atoms with Crippen LogP contribution in [0.2, 0.25) is 0 Å². The Hall–Kier alpha value is -2.24. The summed E-state index contributed by atoms with van der Waals surface area (Å²) in [6.45, 7) is 8.28. The molecule has 0 saturated carbocycles. The maximum Gasteiger partial charge on any atom is 0.497 e. The van der Waals surface area contributed by atoms with Gasteiger partial charge in [0.05, 0.1) is 16.6 Å². The van der Waals surface area contributed by atoms with Crippen LogP contribution in [-0.4, -0.2) is 23.3 Å². The van der Waals surface area contributed by atoms with Crippen LogP contribution in [0.5, 0.6) is 0 Å². The van der Waals surface area contributed by atoms with Crippen LogP contribution in [-0.2, 0) is 9.31 Å². The van der Waals surface area contributed by atoms with E-state index in [-0.39, 0.29) is 11.2 Å². The van der Waals surface area contributed by atoms with Crippen LogP contribution in [0, 0.1) is 0 Å². The summed E-state index contributed by atoms with van der Waals surface area (Å²) in [7, 11) is -0.400. The van der Waals surface area contributed by atoms with Crippen molar-refractivity contribution >= 4 is 45.6 Å². The van der Waals surface area contributed by atoms with Crippen LogP contribution in [0.1, 0.15) is 27.7 Å². The molecule has 1 aliphatic rings. The fraction of sp³-hybridized carbons (Fsp3) is 0.300. The van der Waals surface area contributed by atoms with Gasteiger partial charge in [0.2, 0.25) is 5.71 Å². The van der Waals surface area contributed by atoms with E-state index in [1.807, 2.05) is 18.2 Å². The summed E-state index contributed by atoms with van der Waals surface area (Å²) < 4.78 is 18.5. The second-order valence-electron chi connectivity index (χ2n) is 7.79. The number of aromatic amines is 1. The van der Waals surface area contributed by atoms with E-state index in [0.29, 0.717) is 0 Å². The van der Waals surface area contributed by atoms with E-state index in [2.05, 4.69) is 56.9 Å². The van der Waals surface area contributed by atoms with E-state index in [1.165, 1.54) is 0 Å². The number of H-pyrrole nitrogens is 1. The standard InChI is InChI=1S/C20H20BNO3/c1-19(2)20(3,4)25-21(24-19)14-10-7-9-13-16-12-8-5-6-11-15(12)23-18(16)22-17(13)14/h5-11,22H,1-4H3. The Kier molecular flexibility index (Phi) is 2.82. The molecule has 0 bridgehead atoms. The first-order chi connectivity index (χ1) is 11.9. The van der Waals surface area contributed by atoms with Crippen molar-refractivity contribution in [1.82, 2.24) is 4.98 Å². The number of aromatic nitrogens is 1. The average Bonchev–Trinajstić information content (AvgIpc) is 3.14. The SMILES string of the molecule is CC1(C)OB(c2cccc3c2[nH]c2oc4ccccc4c23)OC1(C)C. The lowest BCUT2D eigenvalue weighted by molar-refractivity contribution is 0.00578. The number of benzene rings is 2. The molecular formula is C20H20BNO3. The van der Waals surface area contributed by atoms with Crippen LogP contribution in [0.25, 0.3) is 33.0 Å². The number of furan rings is 1. The molecule has 0 unspecified atom stereocenters. The fourth-order valence-electron chi connectivity index (χ4n) is 3.60. The van der Waals surface area contributed by atoms with Crippen molar-refractivity contribution in [3.63, 3.8) is 0 Å². The highest BCUT2D eigenvalue weighted by atomic mass is 16.7.